The van der Waals surface area contributed by atoms with Gasteiger partial charge in [0.25, 0.3) is 11.8 Å². The maximum Gasteiger partial charge on any atom is 0.262 e. The van der Waals surface area contributed by atoms with Crippen LogP contribution < -0.4 is 20.5 Å². The van der Waals surface area contributed by atoms with Crippen molar-refractivity contribution in [1.82, 2.24) is 4.90 Å². The largest absolute Gasteiger partial charge is 0.497 e. The second-order valence-electron chi connectivity index (χ2n) is 6.90. The Balaban J connectivity index is 1.69. The third kappa shape index (κ3) is 4.45. The van der Waals surface area contributed by atoms with Crippen molar-refractivity contribution in [2.45, 2.75) is 32.9 Å². The molecule has 0 saturated heterocycles. The maximum absolute atomic E-state index is 12.4. The van der Waals surface area contributed by atoms with Crippen molar-refractivity contribution in [3.8, 4) is 11.5 Å². The fourth-order valence-corrected chi connectivity index (χ4v) is 4.49. The average Bonchev–Trinajstić information content (AvgIpc) is 3.03. The number of thiophene rings is 1. The Morgan fingerprint density at radius 1 is 1.25 bits per heavy atom. The van der Waals surface area contributed by atoms with Gasteiger partial charge in [0.2, 0.25) is 0 Å². The molecule has 0 saturated carbocycles. The number of primary amides is 1. The molecule has 0 radical (unpaired) electrons. The van der Waals surface area contributed by atoms with Gasteiger partial charge < -0.3 is 20.5 Å². The van der Waals surface area contributed by atoms with E-state index >= 15 is 0 Å². The predicted molar refractivity (Wildman–Crippen MR) is 109 cm³/mol. The third-order valence-corrected chi connectivity index (χ3v) is 5.88. The lowest BCUT2D eigenvalue weighted by Crippen LogP contribution is -2.35. The van der Waals surface area contributed by atoms with Crippen molar-refractivity contribution in [2.24, 2.45) is 5.73 Å². The average molecular weight is 404 g/mol. The molecule has 0 fully saturated rings. The molecule has 0 aliphatic carbocycles. The molecule has 2 amide bonds. The van der Waals surface area contributed by atoms with Gasteiger partial charge in [-0.25, -0.2) is 0 Å². The van der Waals surface area contributed by atoms with Crippen LogP contribution in [0.5, 0.6) is 11.5 Å². The molecular weight excluding hydrogens is 378 g/mol. The molecule has 3 N–H and O–H groups in total. The summed E-state index contributed by atoms with van der Waals surface area (Å²) >= 11 is 1.42. The van der Waals surface area contributed by atoms with Crippen LogP contribution >= 0.6 is 11.3 Å². The molecule has 28 heavy (non-hydrogen) atoms. The molecule has 1 aromatic carbocycles. The zero-order valence-electron chi connectivity index (χ0n) is 16.3. The Bertz CT molecular complexity index is 861. The van der Waals surface area contributed by atoms with Gasteiger partial charge in [-0.1, -0.05) is 0 Å². The number of fused-ring (bicyclic) bond motifs is 1. The summed E-state index contributed by atoms with van der Waals surface area (Å²) in [6.45, 7) is 5.76. The number of methoxy groups -OCH3 is 1. The van der Waals surface area contributed by atoms with Crippen LogP contribution in [0, 0.1) is 0 Å². The number of amides is 2. The van der Waals surface area contributed by atoms with Gasteiger partial charge in [-0.2, -0.15) is 0 Å². The van der Waals surface area contributed by atoms with Crippen molar-refractivity contribution >= 4 is 28.2 Å². The molecule has 0 atom stereocenters. The molecule has 3 rings (SSSR count). The Kier molecular flexibility index (Phi) is 6.21. The van der Waals surface area contributed by atoms with Crippen LogP contribution in [0.3, 0.4) is 0 Å². The number of ether oxygens (including phenoxy) is 2. The number of carbonyl (C=O) groups excluding carboxylic acids is 2. The van der Waals surface area contributed by atoms with Gasteiger partial charge >= 0.3 is 0 Å². The van der Waals surface area contributed by atoms with E-state index in [0.717, 1.165) is 30.0 Å². The molecular formula is C20H25N3O4S. The fourth-order valence-electron chi connectivity index (χ4n) is 3.20. The van der Waals surface area contributed by atoms with Crippen LogP contribution in [-0.2, 0) is 17.8 Å². The highest BCUT2D eigenvalue weighted by molar-refractivity contribution is 7.17. The van der Waals surface area contributed by atoms with Gasteiger partial charge in [0.05, 0.1) is 12.7 Å². The molecule has 0 bridgehead atoms. The second-order valence-corrected chi connectivity index (χ2v) is 8.00. The van der Waals surface area contributed by atoms with Crippen molar-refractivity contribution in [3.05, 3.63) is 40.3 Å². The third-order valence-electron chi connectivity index (χ3n) is 4.75. The van der Waals surface area contributed by atoms with Gasteiger partial charge in [0, 0.05) is 24.0 Å². The van der Waals surface area contributed by atoms with Crippen LogP contribution in [0.2, 0.25) is 0 Å². The van der Waals surface area contributed by atoms with Crippen molar-refractivity contribution in [1.29, 1.82) is 0 Å². The van der Waals surface area contributed by atoms with E-state index in [2.05, 4.69) is 24.1 Å². The van der Waals surface area contributed by atoms with Gasteiger partial charge in [-0.3, -0.25) is 14.5 Å². The van der Waals surface area contributed by atoms with E-state index < -0.39 is 5.91 Å². The number of hydrogen-bond donors (Lipinski definition) is 2. The molecule has 2 heterocycles. The number of benzene rings is 1. The number of rotatable bonds is 7. The van der Waals surface area contributed by atoms with Crippen LogP contribution in [0.4, 0.5) is 5.00 Å². The number of nitrogens with one attached hydrogen (secondary N) is 1. The Morgan fingerprint density at radius 3 is 2.54 bits per heavy atom. The Morgan fingerprint density at radius 2 is 1.93 bits per heavy atom. The molecule has 7 nitrogen and oxygen atoms in total. The standard InChI is InChI=1S/C20H25N3O4S/c1-12(2)23-9-8-15-16(10-23)28-20(18(15)19(21)25)22-17(24)11-27-14-6-4-13(26-3)5-7-14/h4-7,12H,8-11H2,1-3H3,(H2,21,25)(H,22,24). The predicted octanol–water partition coefficient (Wildman–Crippen LogP) is 2.64. The maximum atomic E-state index is 12.4. The van der Waals surface area contributed by atoms with Crippen LogP contribution in [0.1, 0.15) is 34.6 Å². The molecule has 1 aliphatic heterocycles. The van der Waals surface area contributed by atoms with E-state index in [1.165, 1.54) is 11.3 Å². The van der Waals surface area contributed by atoms with Crippen LogP contribution in [0.25, 0.3) is 0 Å². The summed E-state index contributed by atoms with van der Waals surface area (Å²) in [6.07, 6.45) is 0.751. The van der Waals surface area contributed by atoms with Gasteiger partial charge in [-0.15, -0.1) is 11.3 Å². The summed E-state index contributed by atoms with van der Waals surface area (Å²) < 4.78 is 10.6. The topological polar surface area (TPSA) is 93.9 Å². The molecule has 0 unspecified atom stereocenters. The SMILES string of the molecule is COc1ccc(OCC(=O)Nc2sc3c(c2C(N)=O)CCN(C(C)C)C3)cc1. The van der Waals surface area contributed by atoms with Crippen molar-refractivity contribution in [2.75, 3.05) is 25.6 Å². The van der Waals surface area contributed by atoms with E-state index in [4.69, 9.17) is 15.2 Å². The smallest absolute Gasteiger partial charge is 0.262 e. The Labute approximate surface area is 168 Å². The van der Waals surface area contributed by atoms with E-state index in [1.807, 2.05) is 0 Å². The lowest BCUT2D eigenvalue weighted by atomic mass is 10.0. The summed E-state index contributed by atoms with van der Waals surface area (Å²) in [6, 6.07) is 7.39. The van der Waals surface area contributed by atoms with Gasteiger partial charge in [0.15, 0.2) is 6.61 Å². The lowest BCUT2D eigenvalue weighted by Gasteiger charge is -2.30. The quantitative estimate of drug-likeness (QED) is 0.741. The first-order chi connectivity index (χ1) is 13.4. The fraction of sp³-hybridized carbons (Fsp3) is 0.400. The molecule has 1 aromatic heterocycles. The summed E-state index contributed by atoms with van der Waals surface area (Å²) in [4.78, 5) is 27.8. The number of carbonyl (C=O) groups is 2. The summed E-state index contributed by atoms with van der Waals surface area (Å²) in [5.74, 6) is 0.422. The highest BCUT2D eigenvalue weighted by Crippen LogP contribution is 2.37. The molecule has 2 aromatic rings. The number of nitrogens with two attached hydrogens (primary N) is 1. The van der Waals surface area contributed by atoms with Crippen LogP contribution in [0.15, 0.2) is 24.3 Å². The first-order valence-electron chi connectivity index (χ1n) is 9.14. The number of nitrogens with zero attached hydrogens (tertiary/aromatic N) is 1. The zero-order chi connectivity index (χ0) is 20.3. The number of anilines is 1. The molecule has 0 spiro atoms. The first-order valence-corrected chi connectivity index (χ1v) is 9.95. The van der Waals surface area contributed by atoms with Gasteiger partial charge in [0.1, 0.15) is 16.5 Å². The first kappa shape index (κ1) is 20.2. The van der Waals surface area contributed by atoms with Crippen molar-refractivity contribution < 1.29 is 19.1 Å². The Hall–Kier alpha value is -2.58. The molecule has 150 valence electrons. The van der Waals surface area contributed by atoms with E-state index in [1.54, 1.807) is 31.4 Å². The highest BCUT2D eigenvalue weighted by atomic mass is 32.1. The summed E-state index contributed by atoms with van der Waals surface area (Å²) in [7, 11) is 1.58. The minimum absolute atomic E-state index is 0.161. The van der Waals surface area contributed by atoms with E-state index in [9.17, 15) is 9.59 Å². The van der Waals surface area contributed by atoms with Gasteiger partial charge in [-0.05, 0) is 50.1 Å². The monoisotopic (exact) mass is 403 g/mol. The van der Waals surface area contributed by atoms with Crippen molar-refractivity contribution in [3.63, 3.8) is 0 Å². The second kappa shape index (κ2) is 8.62. The van der Waals surface area contributed by atoms with Crippen LogP contribution in [-0.4, -0.2) is 43.0 Å². The molecule has 8 heteroatoms. The number of hydrogen-bond acceptors (Lipinski definition) is 6. The minimum Gasteiger partial charge on any atom is -0.497 e. The lowest BCUT2D eigenvalue weighted by molar-refractivity contribution is -0.118. The summed E-state index contributed by atoms with van der Waals surface area (Å²) in [5.41, 5.74) is 7.00. The zero-order valence-corrected chi connectivity index (χ0v) is 17.1. The minimum atomic E-state index is -0.512. The normalized spacial score (nSPS) is 13.9. The van der Waals surface area contributed by atoms with E-state index in [0.29, 0.717) is 28.1 Å². The van der Waals surface area contributed by atoms with E-state index in [-0.39, 0.29) is 12.5 Å². The molecule has 1 aliphatic rings. The highest BCUT2D eigenvalue weighted by Gasteiger charge is 2.28. The summed E-state index contributed by atoms with van der Waals surface area (Å²) in [5, 5.41) is 3.30.